The monoisotopic (exact) mass is 386 g/mol. The van der Waals surface area contributed by atoms with E-state index in [9.17, 15) is 0 Å². The average molecular weight is 387 g/mol. The quantitative estimate of drug-likeness (QED) is 0.621. The molecule has 0 radical (unpaired) electrons. The number of nitrogens with two attached hydrogens (primary N) is 1. The van der Waals surface area contributed by atoms with Crippen LogP contribution in [0.25, 0.3) is 11.0 Å². The third kappa shape index (κ3) is 3.63. The summed E-state index contributed by atoms with van der Waals surface area (Å²) in [6, 6.07) is 10.6. The summed E-state index contributed by atoms with van der Waals surface area (Å²) in [5.74, 6) is 1.54. The summed E-state index contributed by atoms with van der Waals surface area (Å²) in [5, 5.41) is 11.8. The van der Waals surface area contributed by atoms with Gasteiger partial charge in [0.2, 0.25) is 0 Å². The van der Waals surface area contributed by atoms with Crippen molar-refractivity contribution >= 4 is 22.7 Å². The zero-order valence-corrected chi connectivity index (χ0v) is 16.5. The molecule has 3 aromatic rings. The molecule has 1 aromatic carbocycles. The van der Waals surface area contributed by atoms with E-state index in [4.69, 9.17) is 10.7 Å². The summed E-state index contributed by atoms with van der Waals surface area (Å²) in [4.78, 5) is 7.30. The highest BCUT2D eigenvalue weighted by molar-refractivity contribution is 5.92. The number of nitrogens with zero attached hydrogens (tertiary/aromatic N) is 3. The first-order chi connectivity index (χ1) is 14.3. The van der Waals surface area contributed by atoms with Crippen LogP contribution in [0.2, 0.25) is 0 Å². The molecule has 1 aliphatic heterocycles. The predicted octanol–water partition coefficient (Wildman–Crippen LogP) is 3.79. The average Bonchev–Trinajstić information content (AvgIpc) is 3.14. The van der Waals surface area contributed by atoms with Crippen molar-refractivity contribution in [3.8, 4) is 0 Å². The second kappa shape index (κ2) is 7.72. The number of rotatable bonds is 5. The second-order valence-electron chi connectivity index (χ2n) is 7.81. The molecule has 6 heteroatoms. The molecule has 0 saturated carbocycles. The van der Waals surface area contributed by atoms with Crippen LogP contribution in [0.1, 0.15) is 29.5 Å². The van der Waals surface area contributed by atoms with E-state index in [-0.39, 0.29) is 0 Å². The number of fused-ring (bicyclic) bond motifs is 3. The van der Waals surface area contributed by atoms with Gasteiger partial charge in [-0.3, -0.25) is 10.00 Å². The van der Waals surface area contributed by atoms with Crippen molar-refractivity contribution in [3.63, 3.8) is 0 Å². The minimum Gasteiger partial charge on any atom is -0.384 e. The standard InChI is InChI=1S/C23H26N6/c24-21-20-18-11-12-29(14-17-9-5-2-6-10-17)15-19(18)22(26-23(20)28-27-21)25-13-16-7-3-1-4-8-16/h2-3,5-10H,1,4,11-15H2,(H4,24,25,26,27,28). The van der Waals surface area contributed by atoms with Gasteiger partial charge in [0.1, 0.15) is 11.6 Å². The zero-order valence-electron chi connectivity index (χ0n) is 16.5. The van der Waals surface area contributed by atoms with Gasteiger partial charge in [0.05, 0.1) is 5.39 Å². The number of aromatic nitrogens is 3. The lowest BCUT2D eigenvalue weighted by Gasteiger charge is -2.30. The fraction of sp³-hybridized carbons (Fsp3) is 0.304. The molecule has 0 bridgehead atoms. The molecule has 6 nitrogen and oxygen atoms in total. The maximum absolute atomic E-state index is 6.19. The first-order valence-corrected chi connectivity index (χ1v) is 10.3. The topological polar surface area (TPSA) is 82.9 Å². The Morgan fingerprint density at radius 3 is 2.86 bits per heavy atom. The highest BCUT2D eigenvalue weighted by Gasteiger charge is 2.25. The summed E-state index contributed by atoms with van der Waals surface area (Å²) >= 11 is 0. The van der Waals surface area contributed by atoms with Crippen LogP contribution < -0.4 is 11.1 Å². The molecule has 0 amide bonds. The second-order valence-corrected chi connectivity index (χ2v) is 7.81. The summed E-state index contributed by atoms with van der Waals surface area (Å²) in [7, 11) is 0. The van der Waals surface area contributed by atoms with Gasteiger partial charge < -0.3 is 11.1 Å². The SMILES string of the molecule is Nc1[nH]nc2nc(NCC3=CCCC=C3)c3c(c12)CCN(Cc1ccccc1)C3. The van der Waals surface area contributed by atoms with E-state index in [0.717, 1.165) is 56.6 Å². The Balaban J connectivity index is 1.46. The molecule has 0 spiro atoms. The van der Waals surface area contributed by atoms with E-state index in [1.165, 1.54) is 22.3 Å². The third-order valence-corrected chi connectivity index (χ3v) is 5.79. The lowest BCUT2D eigenvalue weighted by Crippen LogP contribution is -2.31. The Kier molecular flexibility index (Phi) is 4.77. The van der Waals surface area contributed by atoms with Gasteiger partial charge in [0.15, 0.2) is 5.65 Å². The fourth-order valence-corrected chi connectivity index (χ4v) is 4.32. The maximum Gasteiger partial charge on any atom is 0.185 e. The molecule has 1 aliphatic carbocycles. The Bertz CT molecular complexity index is 1080. The largest absolute Gasteiger partial charge is 0.384 e. The molecule has 0 unspecified atom stereocenters. The number of pyridine rings is 1. The van der Waals surface area contributed by atoms with Crippen LogP contribution in [0.5, 0.6) is 0 Å². The van der Waals surface area contributed by atoms with E-state index in [1.807, 2.05) is 0 Å². The van der Waals surface area contributed by atoms with Crippen molar-refractivity contribution in [1.82, 2.24) is 20.1 Å². The molecule has 0 saturated heterocycles. The minimum atomic E-state index is 0.615. The van der Waals surface area contributed by atoms with E-state index in [2.05, 4.69) is 69.0 Å². The van der Waals surface area contributed by atoms with Crippen LogP contribution in [0.4, 0.5) is 11.6 Å². The number of hydrogen-bond donors (Lipinski definition) is 3. The molecule has 4 N–H and O–H groups in total. The Morgan fingerprint density at radius 2 is 2.03 bits per heavy atom. The van der Waals surface area contributed by atoms with E-state index in [1.54, 1.807) is 0 Å². The molecular formula is C23H26N6. The first kappa shape index (κ1) is 17.9. The maximum atomic E-state index is 6.19. The summed E-state index contributed by atoms with van der Waals surface area (Å²) in [5.41, 5.74) is 12.1. The minimum absolute atomic E-state index is 0.615. The molecule has 2 aliphatic rings. The molecule has 0 fully saturated rings. The Labute approximate surface area is 170 Å². The normalized spacial score (nSPS) is 16.6. The lowest BCUT2D eigenvalue weighted by atomic mass is 9.96. The number of allylic oxidation sites excluding steroid dienone is 2. The number of nitrogens with one attached hydrogen (secondary N) is 2. The van der Waals surface area contributed by atoms with Crippen molar-refractivity contribution < 1.29 is 0 Å². The lowest BCUT2D eigenvalue weighted by molar-refractivity contribution is 0.246. The molecule has 148 valence electrons. The number of anilines is 2. The Morgan fingerprint density at radius 1 is 1.14 bits per heavy atom. The van der Waals surface area contributed by atoms with Crippen molar-refractivity contribution in [3.05, 3.63) is 70.8 Å². The molecule has 29 heavy (non-hydrogen) atoms. The fourth-order valence-electron chi connectivity index (χ4n) is 4.32. The Hall–Kier alpha value is -3.12. The van der Waals surface area contributed by atoms with E-state index in [0.29, 0.717) is 11.5 Å². The van der Waals surface area contributed by atoms with E-state index >= 15 is 0 Å². The number of aromatic amines is 1. The van der Waals surface area contributed by atoms with Crippen LogP contribution in [-0.4, -0.2) is 33.2 Å². The van der Waals surface area contributed by atoms with Crippen LogP contribution in [0.15, 0.2) is 54.1 Å². The van der Waals surface area contributed by atoms with Crippen molar-refractivity contribution in [2.75, 3.05) is 24.1 Å². The molecule has 3 heterocycles. The van der Waals surface area contributed by atoms with Gasteiger partial charge in [0.25, 0.3) is 0 Å². The van der Waals surface area contributed by atoms with E-state index < -0.39 is 0 Å². The van der Waals surface area contributed by atoms with Crippen LogP contribution in [0, 0.1) is 0 Å². The number of benzene rings is 1. The zero-order chi connectivity index (χ0) is 19.6. The van der Waals surface area contributed by atoms with Gasteiger partial charge in [0, 0.05) is 31.7 Å². The molecule has 0 atom stereocenters. The van der Waals surface area contributed by atoms with Crippen molar-refractivity contribution in [1.29, 1.82) is 0 Å². The van der Waals surface area contributed by atoms with Gasteiger partial charge in [-0.15, -0.1) is 0 Å². The van der Waals surface area contributed by atoms with Crippen LogP contribution in [-0.2, 0) is 19.5 Å². The smallest absolute Gasteiger partial charge is 0.185 e. The molecular weight excluding hydrogens is 360 g/mol. The number of H-pyrrole nitrogens is 1. The molecule has 5 rings (SSSR count). The number of hydrogen-bond acceptors (Lipinski definition) is 5. The van der Waals surface area contributed by atoms with Gasteiger partial charge in [-0.1, -0.05) is 48.6 Å². The summed E-state index contributed by atoms with van der Waals surface area (Å²) in [6.45, 7) is 3.57. The van der Waals surface area contributed by atoms with Crippen LogP contribution >= 0.6 is 0 Å². The third-order valence-electron chi connectivity index (χ3n) is 5.79. The van der Waals surface area contributed by atoms with Gasteiger partial charge >= 0.3 is 0 Å². The number of nitrogen functional groups attached to an aromatic ring is 1. The summed E-state index contributed by atoms with van der Waals surface area (Å²) < 4.78 is 0. The highest BCUT2D eigenvalue weighted by atomic mass is 15.2. The van der Waals surface area contributed by atoms with Crippen LogP contribution in [0.3, 0.4) is 0 Å². The van der Waals surface area contributed by atoms with Crippen molar-refractivity contribution in [2.45, 2.75) is 32.4 Å². The van der Waals surface area contributed by atoms with Gasteiger partial charge in [-0.05, 0) is 36.0 Å². The molecule has 2 aromatic heterocycles. The predicted molar refractivity (Wildman–Crippen MR) is 118 cm³/mol. The summed E-state index contributed by atoms with van der Waals surface area (Å²) in [6.07, 6.45) is 9.92. The van der Waals surface area contributed by atoms with Crippen molar-refractivity contribution in [2.24, 2.45) is 0 Å². The highest BCUT2D eigenvalue weighted by Crippen LogP contribution is 2.34. The first-order valence-electron chi connectivity index (χ1n) is 10.3. The van der Waals surface area contributed by atoms with Gasteiger partial charge in [-0.2, -0.15) is 5.10 Å². The van der Waals surface area contributed by atoms with Gasteiger partial charge in [-0.25, -0.2) is 4.98 Å².